The third-order valence-electron chi connectivity index (χ3n) is 8.90. The molecule has 5 rings (SSSR count). The molecule has 1 aliphatic heterocycles. The van der Waals surface area contributed by atoms with E-state index in [9.17, 15) is 49.8 Å². The van der Waals surface area contributed by atoms with Crippen molar-refractivity contribution in [3.05, 3.63) is 51.6 Å². The smallest absolute Gasteiger partial charge is 0.306 e. The van der Waals surface area contributed by atoms with Gasteiger partial charge in [0.1, 0.15) is 29.5 Å². The maximum absolute atomic E-state index is 13.6. The van der Waals surface area contributed by atoms with Crippen LogP contribution in [0, 0.1) is 0 Å². The van der Waals surface area contributed by atoms with Gasteiger partial charge in [0, 0.05) is 36.0 Å². The largest absolute Gasteiger partial charge is 0.507 e. The molecule has 0 unspecified atom stereocenters. The summed E-state index contributed by atoms with van der Waals surface area (Å²) in [6.07, 6.45) is -7.25. The quantitative estimate of drug-likeness (QED) is 0.144. The summed E-state index contributed by atoms with van der Waals surface area (Å²) in [4.78, 5) is 51.0. The fourth-order valence-corrected chi connectivity index (χ4v) is 6.35. The number of aromatic hydroxyl groups is 3. The predicted octanol–water partition coefficient (Wildman–Crippen LogP) is 1.15. The van der Waals surface area contributed by atoms with Crippen molar-refractivity contribution < 1.29 is 64.0 Å². The average Bonchev–Trinajstić information content (AvgIpc) is 3.00. The van der Waals surface area contributed by atoms with Gasteiger partial charge < -0.3 is 50.2 Å². The number of hydrogen-bond acceptors (Lipinski definition) is 13. The van der Waals surface area contributed by atoms with E-state index in [0.29, 0.717) is 0 Å². The molecule has 2 aliphatic carbocycles. The number of rotatable bonds is 7. The van der Waals surface area contributed by atoms with E-state index in [1.54, 1.807) is 6.92 Å². The van der Waals surface area contributed by atoms with Gasteiger partial charge in [-0.2, -0.15) is 0 Å². The van der Waals surface area contributed by atoms with Crippen molar-refractivity contribution in [2.24, 2.45) is 0 Å². The van der Waals surface area contributed by atoms with E-state index in [-0.39, 0.29) is 48.8 Å². The number of ether oxygens (including phenoxy) is 3. The topological polar surface area (TPSA) is 229 Å². The van der Waals surface area contributed by atoms with Gasteiger partial charge in [0.15, 0.2) is 12.1 Å². The number of ketones is 2. The van der Waals surface area contributed by atoms with Crippen molar-refractivity contribution in [3.8, 4) is 17.2 Å². The van der Waals surface area contributed by atoms with E-state index in [4.69, 9.17) is 9.47 Å². The first-order valence-electron chi connectivity index (χ1n) is 14.5. The van der Waals surface area contributed by atoms with Crippen molar-refractivity contribution in [3.63, 3.8) is 0 Å². The van der Waals surface area contributed by atoms with Crippen LogP contribution in [0.5, 0.6) is 17.2 Å². The molecular formula is C31H35NO13. The van der Waals surface area contributed by atoms with Crippen molar-refractivity contribution in [1.82, 2.24) is 5.32 Å². The van der Waals surface area contributed by atoms with Crippen LogP contribution in [0.4, 0.5) is 0 Å². The maximum atomic E-state index is 13.6. The van der Waals surface area contributed by atoms with Gasteiger partial charge in [-0.15, -0.1) is 0 Å². The van der Waals surface area contributed by atoms with Gasteiger partial charge in [0.05, 0.1) is 54.1 Å². The minimum Gasteiger partial charge on any atom is -0.507 e. The van der Waals surface area contributed by atoms with Crippen molar-refractivity contribution in [2.75, 3.05) is 7.11 Å². The molecule has 1 saturated heterocycles. The molecule has 0 aromatic heterocycles. The number of phenolic OH excluding ortho intramolecular Hbond substituents is 3. The Bertz CT molecular complexity index is 1570. The van der Waals surface area contributed by atoms with Crippen LogP contribution >= 0.6 is 0 Å². The number of benzene rings is 2. The van der Waals surface area contributed by atoms with Gasteiger partial charge in [-0.05, 0) is 19.4 Å². The van der Waals surface area contributed by atoms with Crippen LogP contribution in [0.15, 0.2) is 18.2 Å². The van der Waals surface area contributed by atoms with Crippen LogP contribution < -0.4 is 5.32 Å². The molecule has 0 radical (unpaired) electrons. The summed E-state index contributed by atoms with van der Waals surface area (Å²) in [5.74, 6) is -5.08. The predicted molar refractivity (Wildman–Crippen MR) is 152 cm³/mol. The molecule has 7 N–H and O–H groups in total. The number of hydrogen-bond donors (Lipinski definition) is 7. The van der Waals surface area contributed by atoms with Crippen LogP contribution in [0.2, 0.25) is 0 Å². The number of methoxy groups -OCH3 is 1. The van der Waals surface area contributed by atoms with E-state index in [0.717, 1.165) is 0 Å². The molecular weight excluding hydrogens is 594 g/mol. The summed E-state index contributed by atoms with van der Waals surface area (Å²) in [6, 6.07) is 2.92. The Morgan fingerprint density at radius 1 is 1.02 bits per heavy atom. The summed E-state index contributed by atoms with van der Waals surface area (Å²) in [6.45, 7) is 3.10. The molecule has 1 heterocycles. The summed E-state index contributed by atoms with van der Waals surface area (Å²) in [5.41, 5.74) is -4.37. The molecule has 0 saturated carbocycles. The fraction of sp³-hybridized carbons (Fsp3) is 0.484. The van der Waals surface area contributed by atoms with Crippen molar-refractivity contribution >= 4 is 23.4 Å². The zero-order valence-corrected chi connectivity index (χ0v) is 24.8. The Balaban J connectivity index is 1.53. The van der Waals surface area contributed by atoms with Gasteiger partial charge in [0.25, 0.3) is 0 Å². The van der Waals surface area contributed by atoms with Crippen LogP contribution in [-0.4, -0.2) is 91.3 Å². The molecule has 3 aliphatic rings. The average molecular weight is 630 g/mol. The number of aliphatic hydroxyl groups is 3. The second-order valence-corrected chi connectivity index (χ2v) is 11.6. The number of nitrogens with one attached hydrogen (secondary N) is 1. The number of carbonyl (C=O) groups excluding carboxylic acids is 4. The molecule has 1 fully saturated rings. The first-order valence-corrected chi connectivity index (χ1v) is 14.5. The van der Waals surface area contributed by atoms with Gasteiger partial charge in [-0.25, -0.2) is 0 Å². The Morgan fingerprint density at radius 3 is 2.36 bits per heavy atom. The lowest BCUT2D eigenvalue weighted by Crippen LogP contribution is -2.55. The Labute approximate surface area is 257 Å². The fourth-order valence-electron chi connectivity index (χ4n) is 6.35. The summed E-state index contributed by atoms with van der Waals surface area (Å²) in [5, 5.41) is 69.4. The Hall–Kier alpha value is -4.08. The van der Waals surface area contributed by atoms with Crippen LogP contribution in [0.25, 0.3) is 0 Å². The van der Waals surface area contributed by atoms with Gasteiger partial charge in [0.2, 0.25) is 11.7 Å². The highest BCUT2D eigenvalue weighted by Gasteiger charge is 2.51. The molecule has 242 valence electrons. The van der Waals surface area contributed by atoms with E-state index >= 15 is 0 Å². The lowest BCUT2D eigenvalue weighted by atomic mass is 9.70. The molecule has 7 atom stereocenters. The number of phenols is 3. The van der Waals surface area contributed by atoms with Crippen LogP contribution in [0.3, 0.4) is 0 Å². The Morgan fingerprint density at radius 2 is 1.69 bits per heavy atom. The van der Waals surface area contributed by atoms with E-state index in [2.05, 4.69) is 10.1 Å². The number of fused-ring (bicyclic) bond motifs is 3. The summed E-state index contributed by atoms with van der Waals surface area (Å²) in [7, 11) is 1.19. The van der Waals surface area contributed by atoms with E-state index in [1.165, 1.54) is 32.2 Å². The molecule has 14 heteroatoms. The first kappa shape index (κ1) is 32.3. The minimum absolute atomic E-state index is 0.0478. The first-order chi connectivity index (χ1) is 21.2. The number of amides is 1. The SMILES string of the molecule is CC[C@@]1(O)C[C@H](O[C@H]2C[C@H](NC(=O)CCC(=O)OC)[C@H](O)[C@H](C)O2)c2c(O)c3c(c(O)c2[C@H]1O)C(=O)c1cccc(O)c1C3=O. The summed E-state index contributed by atoms with van der Waals surface area (Å²) >= 11 is 0. The molecule has 1 amide bonds. The lowest BCUT2D eigenvalue weighted by molar-refractivity contribution is -0.254. The maximum Gasteiger partial charge on any atom is 0.306 e. The lowest BCUT2D eigenvalue weighted by Gasteiger charge is -2.45. The zero-order valence-electron chi connectivity index (χ0n) is 24.8. The minimum atomic E-state index is -1.92. The van der Waals surface area contributed by atoms with Crippen LogP contribution in [-0.2, 0) is 23.8 Å². The van der Waals surface area contributed by atoms with Crippen LogP contribution in [0.1, 0.15) is 101 Å². The standard InChI is InChI=1S/C31H35NO13/c1-4-31(42)11-16(45-19-10-14(25(36)12(2)44-19)32-17(34)8-9-18(35)43-3)21-24(30(31)41)29(40)22-23(28(21)39)27(38)20-13(26(22)37)6-5-7-15(20)33/h5-7,12,14,16,19,25,30,33,36,39-42H,4,8-11H2,1-3H3,(H,32,34)/t12-,14-,16-,19-,25+,30+,31+/m0/s1. The second-order valence-electron chi connectivity index (χ2n) is 11.6. The third-order valence-corrected chi connectivity index (χ3v) is 8.90. The van der Waals surface area contributed by atoms with E-state index < -0.39 is 99.7 Å². The molecule has 45 heavy (non-hydrogen) atoms. The molecule has 0 spiro atoms. The molecule has 14 nitrogen and oxygen atoms in total. The number of carbonyl (C=O) groups is 4. The van der Waals surface area contributed by atoms with Crippen molar-refractivity contribution in [1.29, 1.82) is 0 Å². The summed E-state index contributed by atoms with van der Waals surface area (Å²) < 4.78 is 16.5. The molecule has 0 bridgehead atoms. The highest BCUT2D eigenvalue weighted by molar-refractivity contribution is 6.31. The normalized spacial score (nSPS) is 28.9. The molecule has 2 aromatic carbocycles. The number of aliphatic hydroxyl groups excluding tert-OH is 2. The third kappa shape index (κ3) is 5.42. The zero-order chi connectivity index (χ0) is 33.0. The van der Waals surface area contributed by atoms with Crippen molar-refractivity contribution in [2.45, 2.75) is 88.3 Å². The highest BCUT2D eigenvalue weighted by Crippen LogP contribution is 2.56. The number of esters is 1. The monoisotopic (exact) mass is 629 g/mol. The van der Waals surface area contributed by atoms with E-state index in [1.807, 2.05) is 0 Å². The Kier molecular flexibility index (Phi) is 8.63. The van der Waals surface area contributed by atoms with Gasteiger partial charge in [-0.1, -0.05) is 19.1 Å². The highest BCUT2D eigenvalue weighted by atomic mass is 16.7. The van der Waals surface area contributed by atoms with Gasteiger partial charge in [-0.3, -0.25) is 19.2 Å². The molecule has 2 aromatic rings. The van der Waals surface area contributed by atoms with Gasteiger partial charge >= 0.3 is 5.97 Å². The second kappa shape index (κ2) is 12.0.